The average molecular weight is 451 g/mol. The molecule has 1 amide bonds. The first-order valence-corrected chi connectivity index (χ1v) is 10.6. The van der Waals surface area contributed by atoms with Crippen LogP contribution in [0.25, 0.3) is 11.0 Å². The number of hydrogen-bond acceptors (Lipinski definition) is 5. The molecule has 0 aliphatic carbocycles. The Hall–Kier alpha value is -2.95. The topological polar surface area (TPSA) is 110 Å². The smallest absolute Gasteiger partial charge is 0.316 e. The van der Waals surface area contributed by atoms with Crippen LogP contribution in [0.3, 0.4) is 0 Å². The van der Waals surface area contributed by atoms with Gasteiger partial charge in [0.05, 0.1) is 33.2 Å². The van der Waals surface area contributed by atoms with Crippen molar-refractivity contribution >= 4 is 44.3 Å². The molecule has 30 heavy (non-hydrogen) atoms. The number of likely N-dealkylation sites (N-methyl/N-ethyl adjacent to an activating group) is 1. The number of nitrogens with zero attached hydrogens (tertiary/aromatic N) is 3. The number of carbonyl (C=O) groups excluding carboxylic acids is 1. The van der Waals surface area contributed by atoms with E-state index in [2.05, 4.69) is 5.32 Å². The van der Waals surface area contributed by atoms with Crippen molar-refractivity contribution in [1.82, 2.24) is 13.4 Å². The van der Waals surface area contributed by atoms with Gasteiger partial charge in [0.25, 0.3) is 0 Å². The van der Waals surface area contributed by atoms with Gasteiger partial charge in [0, 0.05) is 21.1 Å². The zero-order chi connectivity index (χ0) is 22.2. The molecule has 0 saturated carbocycles. The van der Waals surface area contributed by atoms with Gasteiger partial charge in [-0.2, -0.15) is 4.31 Å². The van der Waals surface area contributed by atoms with E-state index in [1.54, 1.807) is 24.3 Å². The highest BCUT2D eigenvalue weighted by Crippen LogP contribution is 2.22. The van der Waals surface area contributed by atoms with E-state index in [0.717, 1.165) is 13.4 Å². The fourth-order valence-corrected chi connectivity index (χ4v) is 4.27. The van der Waals surface area contributed by atoms with Crippen LogP contribution in [-0.4, -0.2) is 41.4 Å². The molecule has 0 radical (unpaired) electrons. The van der Waals surface area contributed by atoms with Crippen molar-refractivity contribution in [2.45, 2.75) is 4.90 Å². The van der Waals surface area contributed by atoms with Crippen LogP contribution in [0.2, 0.25) is 5.02 Å². The van der Waals surface area contributed by atoms with Crippen molar-refractivity contribution in [1.29, 1.82) is 0 Å². The summed E-state index contributed by atoms with van der Waals surface area (Å²) in [6.07, 6.45) is 0. The van der Waals surface area contributed by atoms with Crippen molar-refractivity contribution in [3.8, 4) is 0 Å². The number of sulfonamides is 1. The Labute approximate surface area is 177 Å². The molecule has 1 heterocycles. The second kappa shape index (κ2) is 8.05. The number of anilines is 1. The van der Waals surface area contributed by atoms with Crippen LogP contribution in [0.15, 0.2) is 56.9 Å². The predicted octanol–water partition coefficient (Wildman–Crippen LogP) is 1.15. The van der Waals surface area contributed by atoms with E-state index in [1.807, 2.05) is 0 Å². The monoisotopic (exact) mass is 450 g/mol. The molecule has 1 aromatic heterocycles. The summed E-state index contributed by atoms with van der Waals surface area (Å²) in [4.78, 5) is 36.2. The van der Waals surface area contributed by atoms with E-state index in [9.17, 15) is 22.8 Å². The molecule has 3 rings (SSSR count). The lowest BCUT2D eigenvalue weighted by Gasteiger charge is -2.18. The van der Waals surface area contributed by atoms with Gasteiger partial charge in [0.1, 0.15) is 0 Å². The Morgan fingerprint density at radius 3 is 2.27 bits per heavy atom. The number of para-hydroxylation sites is 1. The van der Waals surface area contributed by atoms with Crippen LogP contribution < -0.4 is 16.4 Å². The van der Waals surface area contributed by atoms with Gasteiger partial charge in [0.15, 0.2) is 0 Å². The number of nitrogens with one attached hydrogen (secondary N) is 1. The fraction of sp³-hybridized carbons (Fsp3) is 0.211. The van der Waals surface area contributed by atoms with E-state index in [0.29, 0.717) is 16.2 Å². The Kier molecular flexibility index (Phi) is 5.84. The van der Waals surface area contributed by atoms with E-state index in [1.165, 1.54) is 39.3 Å². The number of rotatable bonds is 5. The van der Waals surface area contributed by atoms with E-state index >= 15 is 0 Å². The SMILES string of the molecule is CN(CC(=O)Nc1ccccc1Cl)S(=O)(=O)c1ccc2c(c1)n(C)c(=O)c(=O)n2C. The molecule has 0 saturated heterocycles. The quantitative estimate of drug-likeness (QED) is 0.586. The van der Waals surface area contributed by atoms with Crippen molar-refractivity contribution in [2.75, 3.05) is 18.9 Å². The number of amides is 1. The van der Waals surface area contributed by atoms with Crippen LogP contribution in [0.1, 0.15) is 0 Å². The zero-order valence-electron chi connectivity index (χ0n) is 16.4. The van der Waals surface area contributed by atoms with Crippen molar-refractivity contribution < 1.29 is 13.2 Å². The lowest BCUT2D eigenvalue weighted by Crippen LogP contribution is -2.39. The van der Waals surface area contributed by atoms with Gasteiger partial charge in [-0.05, 0) is 30.3 Å². The van der Waals surface area contributed by atoms with Crippen LogP contribution in [0.4, 0.5) is 5.69 Å². The minimum Gasteiger partial charge on any atom is -0.324 e. The first-order valence-electron chi connectivity index (χ1n) is 8.74. The summed E-state index contributed by atoms with van der Waals surface area (Å²) in [5.74, 6) is -0.565. The van der Waals surface area contributed by atoms with Gasteiger partial charge >= 0.3 is 11.1 Å². The summed E-state index contributed by atoms with van der Waals surface area (Å²) in [5.41, 5.74) is -0.435. The average Bonchev–Trinajstić information content (AvgIpc) is 2.71. The van der Waals surface area contributed by atoms with E-state index in [-0.39, 0.29) is 10.4 Å². The predicted molar refractivity (Wildman–Crippen MR) is 114 cm³/mol. The largest absolute Gasteiger partial charge is 0.324 e. The molecule has 3 aromatic rings. The summed E-state index contributed by atoms with van der Waals surface area (Å²) < 4.78 is 29.0. The molecular formula is C19H19ClN4O5S. The van der Waals surface area contributed by atoms with Gasteiger partial charge < -0.3 is 14.5 Å². The van der Waals surface area contributed by atoms with E-state index in [4.69, 9.17) is 11.6 Å². The molecule has 11 heteroatoms. The fourth-order valence-electron chi connectivity index (χ4n) is 2.94. The minimum atomic E-state index is -4.04. The second-order valence-electron chi connectivity index (χ2n) is 6.67. The lowest BCUT2D eigenvalue weighted by molar-refractivity contribution is -0.116. The molecule has 2 aromatic carbocycles. The number of aromatic nitrogens is 2. The second-order valence-corrected chi connectivity index (χ2v) is 9.12. The highest BCUT2D eigenvalue weighted by molar-refractivity contribution is 7.89. The van der Waals surface area contributed by atoms with Crippen LogP contribution >= 0.6 is 11.6 Å². The molecule has 9 nitrogen and oxygen atoms in total. The van der Waals surface area contributed by atoms with Crippen LogP contribution in [0.5, 0.6) is 0 Å². The third kappa shape index (κ3) is 3.89. The summed E-state index contributed by atoms with van der Waals surface area (Å²) in [5, 5.41) is 2.90. The van der Waals surface area contributed by atoms with Crippen LogP contribution in [0, 0.1) is 0 Å². The molecular weight excluding hydrogens is 432 g/mol. The highest BCUT2D eigenvalue weighted by Gasteiger charge is 2.24. The molecule has 0 bridgehead atoms. The third-order valence-electron chi connectivity index (χ3n) is 4.68. The van der Waals surface area contributed by atoms with Crippen molar-refractivity contribution in [3.63, 3.8) is 0 Å². The maximum Gasteiger partial charge on any atom is 0.316 e. The summed E-state index contributed by atoms with van der Waals surface area (Å²) in [7, 11) is 0.0536. The van der Waals surface area contributed by atoms with Gasteiger partial charge in [-0.1, -0.05) is 23.7 Å². The number of aryl methyl sites for hydroxylation is 2. The normalized spacial score (nSPS) is 11.8. The Morgan fingerprint density at radius 1 is 1.03 bits per heavy atom. The van der Waals surface area contributed by atoms with Crippen molar-refractivity contribution in [3.05, 3.63) is 68.2 Å². The first-order chi connectivity index (χ1) is 14.0. The first kappa shape index (κ1) is 21.8. The standard InChI is InChI=1S/C19H19ClN4O5S/c1-22(11-17(25)21-14-7-5-4-6-13(14)20)30(28,29)12-8-9-15-16(10-12)24(3)19(27)18(26)23(15)2/h4-10H,11H2,1-3H3,(H,21,25). The molecule has 0 atom stereocenters. The third-order valence-corrected chi connectivity index (χ3v) is 6.81. The van der Waals surface area contributed by atoms with E-state index < -0.39 is 33.6 Å². The Balaban J connectivity index is 1.92. The van der Waals surface area contributed by atoms with Gasteiger partial charge in [0.2, 0.25) is 15.9 Å². The maximum atomic E-state index is 12.9. The van der Waals surface area contributed by atoms with Crippen LogP contribution in [-0.2, 0) is 28.9 Å². The molecule has 1 N–H and O–H groups in total. The molecule has 158 valence electrons. The maximum absolute atomic E-state index is 12.9. The highest BCUT2D eigenvalue weighted by atomic mass is 35.5. The van der Waals surface area contributed by atoms with Gasteiger partial charge in [-0.3, -0.25) is 14.4 Å². The van der Waals surface area contributed by atoms with Gasteiger partial charge in [-0.15, -0.1) is 0 Å². The molecule has 0 unspecified atom stereocenters. The molecule has 0 fully saturated rings. The number of halogens is 1. The minimum absolute atomic E-state index is 0.114. The zero-order valence-corrected chi connectivity index (χ0v) is 18.0. The molecule has 0 spiro atoms. The number of carbonyl (C=O) groups is 1. The molecule has 0 aliphatic rings. The number of hydrogen-bond donors (Lipinski definition) is 1. The summed E-state index contributed by atoms with van der Waals surface area (Å²) in [6, 6.07) is 10.7. The Morgan fingerprint density at radius 2 is 1.63 bits per heavy atom. The van der Waals surface area contributed by atoms with Gasteiger partial charge in [-0.25, -0.2) is 8.42 Å². The van der Waals surface area contributed by atoms with Crippen molar-refractivity contribution in [2.24, 2.45) is 14.1 Å². The number of fused-ring (bicyclic) bond motifs is 1. The molecule has 0 aliphatic heterocycles. The summed E-state index contributed by atoms with van der Waals surface area (Å²) >= 11 is 6.00. The lowest BCUT2D eigenvalue weighted by atomic mass is 10.3. The number of benzene rings is 2. The Bertz CT molecular complexity index is 1380. The summed E-state index contributed by atoms with van der Waals surface area (Å²) in [6.45, 7) is -0.447.